The van der Waals surface area contributed by atoms with Gasteiger partial charge in [-0.2, -0.15) is 5.10 Å². The Bertz CT molecular complexity index is 623. The Morgan fingerprint density at radius 1 is 1.20 bits per heavy atom. The van der Waals surface area contributed by atoms with Gasteiger partial charge < -0.3 is 9.88 Å². The molecule has 104 valence electrons. The van der Waals surface area contributed by atoms with Crippen LogP contribution in [0.4, 0.5) is 5.69 Å². The molecule has 1 aromatic carbocycles. The highest BCUT2D eigenvalue weighted by molar-refractivity contribution is 7.80. The molecular weight excluding hydrogens is 268 g/mol. The van der Waals surface area contributed by atoms with Gasteiger partial charge in [-0.15, -0.1) is 0 Å². The second kappa shape index (κ2) is 6.34. The summed E-state index contributed by atoms with van der Waals surface area (Å²) >= 11 is 5.24. The summed E-state index contributed by atoms with van der Waals surface area (Å²) in [6.45, 7) is 4.09. The molecule has 20 heavy (non-hydrogen) atoms. The summed E-state index contributed by atoms with van der Waals surface area (Å²) in [5.41, 5.74) is 7.17. The predicted octanol–water partition coefficient (Wildman–Crippen LogP) is 2.96. The van der Waals surface area contributed by atoms with E-state index in [-0.39, 0.29) is 0 Å². The molecule has 1 aromatic heterocycles. The molecule has 0 bridgehead atoms. The summed E-state index contributed by atoms with van der Waals surface area (Å²) in [5, 5.41) is 7.78. The summed E-state index contributed by atoms with van der Waals surface area (Å²) in [6.07, 6.45) is 3.70. The number of nitrogens with one attached hydrogen (secondary N) is 2. The first-order chi connectivity index (χ1) is 9.58. The van der Waals surface area contributed by atoms with Crippen LogP contribution in [0.1, 0.15) is 16.8 Å². The van der Waals surface area contributed by atoms with Crippen LogP contribution in [-0.4, -0.2) is 15.9 Å². The Balaban J connectivity index is 1.96. The number of para-hydroxylation sites is 1. The summed E-state index contributed by atoms with van der Waals surface area (Å²) in [7, 11) is 1.97. The van der Waals surface area contributed by atoms with E-state index in [1.165, 1.54) is 0 Å². The molecule has 4 nitrogen and oxygen atoms in total. The Morgan fingerprint density at radius 3 is 2.50 bits per heavy atom. The minimum absolute atomic E-state index is 0.479. The van der Waals surface area contributed by atoms with Gasteiger partial charge in [-0.3, -0.25) is 5.43 Å². The average molecular weight is 286 g/mol. The Kier molecular flexibility index (Phi) is 4.53. The standard InChI is InChI=1S/C15H18N4S/c1-11-6-4-7-12(2)14(11)17-15(20)18-16-10-13-8-5-9-19(13)3/h4-10H,1-3H3,(H2,17,18,20)/b16-10+. The predicted molar refractivity (Wildman–Crippen MR) is 88.3 cm³/mol. The lowest BCUT2D eigenvalue weighted by Crippen LogP contribution is -2.24. The molecule has 2 N–H and O–H groups in total. The topological polar surface area (TPSA) is 41.4 Å². The highest BCUT2D eigenvalue weighted by atomic mass is 32.1. The number of hydrogen-bond acceptors (Lipinski definition) is 2. The van der Waals surface area contributed by atoms with E-state index in [4.69, 9.17) is 12.2 Å². The molecule has 0 atom stereocenters. The van der Waals surface area contributed by atoms with Crippen LogP contribution in [0.2, 0.25) is 0 Å². The van der Waals surface area contributed by atoms with Gasteiger partial charge in [0.2, 0.25) is 0 Å². The van der Waals surface area contributed by atoms with Crippen molar-refractivity contribution in [2.24, 2.45) is 12.1 Å². The van der Waals surface area contributed by atoms with Crippen LogP contribution < -0.4 is 10.7 Å². The molecule has 0 aliphatic carbocycles. The first-order valence-corrected chi connectivity index (χ1v) is 6.76. The van der Waals surface area contributed by atoms with E-state index in [0.29, 0.717) is 5.11 Å². The van der Waals surface area contributed by atoms with Crippen LogP contribution in [0.3, 0.4) is 0 Å². The van der Waals surface area contributed by atoms with Gasteiger partial charge in [0, 0.05) is 18.9 Å². The lowest BCUT2D eigenvalue weighted by Gasteiger charge is -2.12. The maximum Gasteiger partial charge on any atom is 0.191 e. The van der Waals surface area contributed by atoms with Gasteiger partial charge in [0.15, 0.2) is 5.11 Å². The van der Waals surface area contributed by atoms with Crippen molar-refractivity contribution in [3.05, 3.63) is 53.3 Å². The Hall–Kier alpha value is -2.14. The molecule has 0 unspecified atom stereocenters. The monoisotopic (exact) mass is 286 g/mol. The van der Waals surface area contributed by atoms with E-state index in [0.717, 1.165) is 22.5 Å². The van der Waals surface area contributed by atoms with Crippen molar-refractivity contribution >= 4 is 29.2 Å². The van der Waals surface area contributed by atoms with Gasteiger partial charge >= 0.3 is 0 Å². The number of benzene rings is 1. The normalized spacial score (nSPS) is 10.8. The number of nitrogens with zero attached hydrogens (tertiary/aromatic N) is 2. The molecule has 0 spiro atoms. The van der Waals surface area contributed by atoms with Crippen molar-refractivity contribution in [3.8, 4) is 0 Å². The van der Waals surface area contributed by atoms with Crippen molar-refractivity contribution in [1.29, 1.82) is 0 Å². The van der Waals surface area contributed by atoms with Crippen LogP contribution in [0.15, 0.2) is 41.6 Å². The first kappa shape index (κ1) is 14.3. The van der Waals surface area contributed by atoms with Gasteiger partial charge in [0.25, 0.3) is 0 Å². The molecule has 0 aliphatic rings. The molecule has 0 aliphatic heterocycles. The fraction of sp³-hybridized carbons (Fsp3) is 0.200. The van der Waals surface area contributed by atoms with Gasteiger partial charge in [-0.25, -0.2) is 0 Å². The molecule has 1 heterocycles. The molecule has 2 rings (SSSR count). The summed E-state index contributed by atoms with van der Waals surface area (Å²) in [5.74, 6) is 0. The molecule has 0 radical (unpaired) electrons. The van der Waals surface area contributed by atoms with E-state index >= 15 is 0 Å². The first-order valence-electron chi connectivity index (χ1n) is 6.35. The number of aromatic nitrogens is 1. The van der Waals surface area contributed by atoms with Crippen molar-refractivity contribution in [2.45, 2.75) is 13.8 Å². The molecule has 0 saturated carbocycles. The van der Waals surface area contributed by atoms with E-state index in [1.54, 1.807) is 6.21 Å². The van der Waals surface area contributed by atoms with Gasteiger partial charge in [-0.1, -0.05) is 18.2 Å². The summed E-state index contributed by atoms with van der Waals surface area (Å²) in [4.78, 5) is 0. The van der Waals surface area contributed by atoms with Gasteiger partial charge in [0.1, 0.15) is 0 Å². The lowest BCUT2D eigenvalue weighted by atomic mass is 10.1. The third-order valence-electron chi connectivity index (χ3n) is 3.07. The smallest absolute Gasteiger partial charge is 0.191 e. The number of anilines is 1. The maximum absolute atomic E-state index is 5.24. The van der Waals surface area contributed by atoms with Crippen molar-refractivity contribution in [2.75, 3.05) is 5.32 Å². The molecule has 0 amide bonds. The van der Waals surface area contributed by atoms with Crippen molar-refractivity contribution in [3.63, 3.8) is 0 Å². The Morgan fingerprint density at radius 2 is 1.90 bits per heavy atom. The number of hydrogen-bond donors (Lipinski definition) is 2. The molecular formula is C15H18N4S. The van der Waals surface area contributed by atoms with Crippen molar-refractivity contribution in [1.82, 2.24) is 9.99 Å². The SMILES string of the molecule is Cc1cccc(C)c1NC(=S)N/N=C/c1cccn1C. The van der Waals surface area contributed by atoms with Crippen LogP contribution in [0.5, 0.6) is 0 Å². The molecule has 0 saturated heterocycles. The molecule has 5 heteroatoms. The number of thiocarbonyl (C=S) groups is 1. The number of rotatable bonds is 3. The van der Waals surface area contributed by atoms with Crippen molar-refractivity contribution < 1.29 is 0 Å². The van der Waals surface area contributed by atoms with E-state index in [1.807, 2.05) is 62.0 Å². The van der Waals surface area contributed by atoms with E-state index in [2.05, 4.69) is 15.8 Å². The average Bonchev–Trinajstić information content (AvgIpc) is 2.80. The largest absolute Gasteiger partial charge is 0.350 e. The minimum Gasteiger partial charge on any atom is -0.350 e. The third kappa shape index (κ3) is 3.45. The Labute approximate surface area is 124 Å². The summed E-state index contributed by atoms with van der Waals surface area (Å²) < 4.78 is 1.98. The zero-order valence-electron chi connectivity index (χ0n) is 11.8. The molecule has 0 fully saturated rings. The second-order valence-corrected chi connectivity index (χ2v) is 5.04. The quantitative estimate of drug-likeness (QED) is 0.518. The minimum atomic E-state index is 0.479. The zero-order valence-corrected chi connectivity index (χ0v) is 12.7. The van der Waals surface area contributed by atoms with E-state index < -0.39 is 0 Å². The fourth-order valence-electron chi connectivity index (χ4n) is 1.92. The molecule has 2 aromatic rings. The number of aryl methyl sites for hydroxylation is 3. The third-order valence-corrected chi connectivity index (χ3v) is 3.26. The van der Waals surface area contributed by atoms with Gasteiger partial charge in [-0.05, 0) is 49.3 Å². The van der Waals surface area contributed by atoms with Crippen LogP contribution in [0, 0.1) is 13.8 Å². The van der Waals surface area contributed by atoms with Crippen LogP contribution >= 0.6 is 12.2 Å². The second-order valence-electron chi connectivity index (χ2n) is 4.63. The van der Waals surface area contributed by atoms with Crippen LogP contribution in [-0.2, 0) is 7.05 Å². The maximum atomic E-state index is 5.24. The van der Waals surface area contributed by atoms with Crippen LogP contribution in [0.25, 0.3) is 0 Å². The fourth-order valence-corrected chi connectivity index (χ4v) is 2.07. The zero-order chi connectivity index (χ0) is 14.5. The summed E-state index contributed by atoms with van der Waals surface area (Å²) in [6, 6.07) is 10.1. The highest BCUT2D eigenvalue weighted by Gasteiger charge is 2.03. The van der Waals surface area contributed by atoms with E-state index in [9.17, 15) is 0 Å². The lowest BCUT2D eigenvalue weighted by molar-refractivity contribution is 0.914. The number of hydrazone groups is 1. The highest BCUT2D eigenvalue weighted by Crippen LogP contribution is 2.18. The van der Waals surface area contributed by atoms with Gasteiger partial charge in [0.05, 0.1) is 11.9 Å².